The highest BCUT2D eigenvalue weighted by molar-refractivity contribution is 6.08. The van der Waals surface area contributed by atoms with Crippen molar-refractivity contribution in [2.24, 2.45) is 0 Å². The van der Waals surface area contributed by atoms with Crippen molar-refractivity contribution in [1.82, 2.24) is 24.5 Å². The second-order valence-electron chi connectivity index (χ2n) is 6.90. The molecule has 0 N–H and O–H groups in total. The third-order valence-corrected chi connectivity index (χ3v) is 5.05. The van der Waals surface area contributed by atoms with Gasteiger partial charge in [0.1, 0.15) is 5.58 Å². The number of hydrogen-bond donors (Lipinski definition) is 0. The Balaban J connectivity index is 1.73. The van der Waals surface area contributed by atoms with E-state index < -0.39 is 0 Å². The average molecular weight is 377 g/mol. The van der Waals surface area contributed by atoms with E-state index in [0.717, 1.165) is 39.1 Å². The van der Waals surface area contributed by atoms with Crippen LogP contribution in [-0.2, 0) is 0 Å². The Kier molecular flexibility index (Phi) is 3.28. The van der Waals surface area contributed by atoms with E-state index in [1.807, 2.05) is 66.1 Å². The van der Waals surface area contributed by atoms with Crippen LogP contribution in [0.3, 0.4) is 0 Å². The maximum Gasteiger partial charge on any atom is 0.227 e. The van der Waals surface area contributed by atoms with E-state index in [0.29, 0.717) is 17.0 Å². The predicted octanol–water partition coefficient (Wildman–Crippen LogP) is 5.09. The number of pyridine rings is 1. The molecule has 6 heteroatoms. The zero-order valence-electron chi connectivity index (χ0n) is 15.6. The van der Waals surface area contributed by atoms with Crippen molar-refractivity contribution < 1.29 is 4.42 Å². The van der Waals surface area contributed by atoms with Crippen LogP contribution in [0.4, 0.5) is 0 Å². The molecule has 0 aliphatic heterocycles. The van der Waals surface area contributed by atoms with E-state index >= 15 is 0 Å². The van der Waals surface area contributed by atoms with E-state index in [4.69, 9.17) is 9.40 Å². The summed E-state index contributed by atoms with van der Waals surface area (Å²) in [6.07, 6.45) is 3.34. The van der Waals surface area contributed by atoms with Crippen molar-refractivity contribution in [3.8, 4) is 17.1 Å². The molecule has 0 amide bonds. The summed E-state index contributed by atoms with van der Waals surface area (Å²) in [5.74, 6) is 0.735. The minimum atomic E-state index is 0.591. The molecule has 0 fully saturated rings. The predicted molar refractivity (Wildman–Crippen MR) is 112 cm³/mol. The molecule has 6 nitrogen and oxygen atoms in total. The topological polar surface area (TPSA) is 69.6 Å². The quantitative estimate of drug-likeness (QED) is 0.421. The summed E-state index contributed by atoms with van der Waals surface area (Å²) in [6.45, 7) is 1.96. The lowest BCUT2D eigenvalue weighted by atomic mass is 10.1. The second-order valence-corrected chi connectivity index (χ2v) is 6.90. The van der Waals surface area contributed by atoms with E-state index in [2.05, 4.69) is 21.0 Å². The summed E-state index contributed by atoms with van der Waals surface area (Å²) < 4.78 is 8.22. The van der Waals surface area contributed by atoms with Gasteiger partial charge < -0.3 is 4.42 Å². The van der Waals surface area contributed by atoms with Gasteiger partial charge in [0, 0.05) is 34.5 Å². The molecular weight excluding hydrogens is 362 g/mol. The summed E-state index contributed by atoms with van der Waals surface area (Å²) >= 11 is 0. The third kappa shape index (κ3) is 2.36. The van der Waals surface area contributed by atoms with Gasteiger partial charge in [-0.3, -0.25) is 4.57 Å². The highest BCUT2D eigenvalue weighted by Gasteiger charge is 2.20. The summed E-state index contributed by atoms with van der Waals surface area (Å²) in [5.41, 5.74) is 5.45. The number of fused-ring (bicyclic) bond motifs is 4. The summed E-state index contributed by atoms with van der Waals surface area (Å²) in [5, 5.41) is 2.00. The SMILES string of the molecule is Cc1ccc2c(n1)oc1c(-c3nc4nccnc4n3-c3ccccc3)cccc12. The van der Waals surface area contributed by atoms with Gasteiger partial charge >= 0.3 is 0 Å². The maximum atomic E-state index is 6.20. The van der Waals surface area contributed by atoms with Gasteiger partial charge in [0.2, 0.25) is 5.71 Å². The Morgan fingerprint density at radius 1 is 0.793 bits per heavy atom. The lowest BCUT2D eigenvalue weighted by Crippen LogP contribution is -1.98. The Bertz CT molecular complexity index is 1510. The first-order valence-corrected chi connectivity index (χ1v) is 9.34. The highest BCUT2D eigenvalue weighted by Crippen LogP contribution is 2.36. The van der Waals surface area contributed by atoms with Crippen LogP contribution in [0.15, 0.2) is 77.5 Å². The van der Waals surface area contributed by atoms with Crippen LogP contribution < -0.4 is 0 Å². The van der Waals surface area contributed by atoms with Gasteiger partial charge in [-0.05, 0) is 37.3 Å². The van der Waals surface area contributed by atoms with Crippen molar-refractivity contribution in [3.05, 3.63) is 78.8 Å². The molecule has 6 rings (SSSR count). The molecule has 29 heavy (non-hydrogen) atoms. The summed E-state index contributed by atoms with van der Waals surface area (Å²) in [4.78, 5) is 18.3. The second kappa shape index (κ2) is 5.97. The standard InChI is InChI=1S/C23H15N5O/c1-14-10-11-17-16-8-5-9-18(19(16)29-23(17)26-14)21-27-20-22(25-13-12-24-20)28(21)15-6-3-2-4-7-15/h2-13H,1H3. The van der Waals surface area contributed by atoms with Crippen molar-refractivity contribution in [2.75, 3.05) is 0 Å². The third-order valence-electron chi connectivity index (χ3n) is 5.05. The number of aryl methyl sites for hydroxylation is 1. The fraction of sp³-hybridized carbons (Fsp3) is 0.0435. The number of aromatic nitrogens is 5. The van der Waals surface area contributed by atoms with Crippen LogP contribution in [0.2, 0.25) is 0 Å². The lowest BCUT2D eigenvalue weighted by Gasteiger charge is -2.08. The molecule has 2 aromatic carbocycles. The number of nitrogens with zero attached hydrogens (tertiary/aromatic N) is 5. The maximum absolute atomic E-state index is 6.20. The minimum absolute atomic E-state index is 0.591. The molecule has 0 spiro atoms. The van der Waals surface area contributed by atoms with Gasteiger partial charge in [0.25, 0.3) is 0 Å². The molecule has 0 saturated heterocycles. The molecule has 6 aromatic rings. The first-order valence-electron chi connectivity index (χ1n) is 9.34. The zero-order valence-corrected chi connectivity index (χ0v) is 15.6. The Morgan fingerprint density at radius 3 is 2.55 bits per heavy atom. The summed E-state index contributed by atoms with van der Waals surface area (Å²) in [6, 6.07) is 20.2. The Morgan fingerprint density at radius 2 is 1.66 bits per heavy atom. The van der Waals surface area contributed by atoms with Crippen LogP contribution in [-0.4, -0.2) is 24.5 Å². The van der Waals surface area contributed by atoms with Crippen molar-refractivity contribution in [1.29, 1.82) is 0 Å². The van der Waals surface area contributed by atoms with Crippen molar-refractivity contribution in [2.45, 2.75) is 6.92 Å². The van der Waals surface area contributed by atoms with Crippen molar-refractivity contribution >= 4 is 33.4 Å². The molecule has 0 bridgehead atoms. The highest BCUT2D eigenvalue weighted by atomic mass is 16.3. The smallest absolute Gasteiger partial charge is 0.227 e. The first kappa shape index (κ1) is 15.9. The molecule has 138 valence electrons. The van der Waals surface area contributed by atoms with Crippen LogP contribution >= 0.6 is 0 Å². The fourth-order valence-electron chi connectivity index (χ4n) is 3.76. The van der Waals surface area contributed by atoms with E-state index in [-0.39, 0.29) is 0 Å². The largest absolute Gasteiger partial charge is 0.437 e. The fourth-order valence-corrected chi connectivity index (χ4v) is 3.76. The molecule has 0 atom stereocenters. The molecule has 4 heterocycles. The number of para-hydroxylation sites is 2. The van der Waals surface area contributed by atoms with E-state index in [1.54, 1.807) is 12.4 Å². The molecule has 4 aromatic heterocycles. The minimum Gasteiger partial charge on any atom is -0.437 e. The normalized spacial score (nSPS) is 11.6. The number of benzene rings is 2. The van der Waals surface area contributed by atoms with Crippen LogP contribution in [0.5, 0.6) is 0 Å². The molecule has 0 radical (unpaired) electrons. The zero-order chi connectivity index (χ0) is 19.4. The van der Waals surface area contributed by atoms with Crippen LogP contribution in [0.1, 0.15) is 5.69 Å². The monoisotopic (exact) mass is 377 g/mol. The summed E-state index contributed by atoms with van der Waals surface area (Å²) in [7, 11) is 0. The lowest BCUT2D eigenvalue weighted by molar-refractivity contribution is 0.653. The van der Waals surface area contributed by atoms with Gasteiger partial charge in [-0.25, -0.2) is 19.9 Å². The van der Waals surface area contributed by atoms with Gasteiger partial charge in [-0.1, -0.05) is 30.3 Å². The number of imidazole rings is 1. The molecule has 0 saturated carbocycles. The number of rotatable bonds is 2. The number of furan rings is 1. The van der Waals surface area contributed by atoms with Gasteiger partial charge in [0.15, 0.2) is 17.1 Å². The number of hydrogen-bond acceptors (Lipinski definition) is 5. The molecular formula is C23H15N5O. The molecule has 0 aliphatic carbocycles. The van der Waals surface area contributed by atoms with Crippen LogP contribution in [0, 0.1) is 6.92 Å². The van der Waals surface area contributed by atoms with Crippen LogP contribution in [0.25, 0.3) is 50.4 Å². The van der Waals surface area contributed by atoms with Gasteiger partial charge in [-0.15, -0.1) is 0 Å². The van der Waals surface area contributed by atoms with E-state index in [9.17, 15) is 0 Å². The van der Waals surface area contributed by atoms with Gasteiger partial charge in [0.05, 0.1) is 5.56 Å². The van der Waals surface area contributed by atoms with E-state index in [1.165, 1.54) is 0 Å². The molecule has 0 unspecified atom stereocenters. The van der Waals surface area contributed by atoms with Gasteiger partial charge in [-0.2, -0.15) is 0 Å². The Hall–Kier alpha value is -4.06. The molecule has 0 aliphatic rings. The van der Waals surface area contributed by atoms with Crippen molar-refractivity contribution in [3.63, 3.8) is 0 Å². The Labute approximate surface area is 165 Å². The average Bonchev–Trinajstić information content (AvgIpc) is 3.32. The first-order chi connectivity index (χ1) is 14.3.